The van der Waals surface area contributed by atoms with Crippen LogP contribution < -0.4 is 20.1 Å². The molecule has 0 atom stereocenters. The van der Waals surface area contributed by atoms with Crippen LogP contribution in [0.3, 0.4) is 0 Å². The van der Waals surface area contributed by atoms with Crippen molar-refractivity contribution in [1.82, 2.24) is 10.6 Å². The molecular weight excluding hydrogens is 256 g/mol. The van der Waals surface area contributed by atoms with Crippen molar-refractivity contribution in [3.63, 3.8) is 0 Å². The first kappa shape index (κ1) is 14.5. The van der Waals surface area contributed by atoms with Crippen molar-refractivity contribution in [2.75, 3.05) is 19.8 Å². The number of benzene rings is 1. The predicted octanol–water partition coefficient (Wildman–Crippen LogP) is 2.10. The number of amides is 2. The first-order valence-electron chi connectivity index (χ1n) is 6.88. The first-order valence-corrected chi connectivity index (χ1v) is 6.88. The van der Waals surface area contributed by atoms with Crippen molar-refractivity contribution in [1.29, 1.82) is 0 Å². The minimum absolute atomic E-state index is 0.143. The zero-order valence-corrected chi connectivity index (χ0v) is 12.3. The van der Waals surface area contributed by atoms with Crippen LogP contribution in [0.4, 0.5) is 4.79 Å². The van der Waals surface area contributed by atoms with Gasteiger partial charge >= 0.3 is 6.03 Å². The van der Waals surface area contributed by atoms with E-state index in [4.69, 9.17) is 9.47 Å². The highest BCUT2D eigenvalue weighted by molar-refractivity contribution is 5.74. The van der Waals surface area contributed by atoms with Gasteiger partial charge < -0.3 is 20.1 Å². The number of urea groups is 1. The zero-order valence-electron chi connectivity index (χ0n) is 12.3. The highest BCUT2D eigenvalue weighted by atomic mass is 16.6. The van der Waals surface area contributed by atoms with Gasteiger partial charge in [0, 0.05) is 12.1 Å². The van der Waals surface area contributed by atoms with E-state index in [1.165, 1.54) is 0 Å². The van der Waals surface area contributed by atoms with Crippen molar-refractivity contribution in [2.24, 2.45) is 0 Å². The maximum Gasteiger partial charge on any atom is 0.315 e. The van der Waals surface area contributed by atoms with Crippen LogP contribution in [0.2, 0.25) is 0 Å². The number of carbonyl (C=O) groups excluding carboxylic acids is 1. The fraction of sp³-hybridized carbons (Fsp3) is 0.533. The fourth-order valence-electron chi connectivity index (χ4n) is 1.95. The molecule has 0 fully saturated rings. The van der Waals surface area contributed by atoms with Gasteiger partial charge in [-0.2, -0.15) is 0 Å². The van der Waals surface area contributed by atoms with Gasteiger partial charge in [-0.25, -0.2) is 4.79 Å². The molecule has 0 saturated heterocycles. The fourth-order valence-corrected chi connectivity index (χ4v) is 1.95. The highest BCUT2D eigenvalue weighted by Crippen LogP contribution is 2.30. The molecule has 0 spiro atoms. The topological polar surface area (TPSA) is 59.6 Å². The van der Waals surface area contributed by atoms with Crippen LogP contribution in [-0.2, 0) is 6.42 Å². The third-order valence-electron chi connectivity index (χ3n) is 2.79. The maximum atomic E-state index is 11.6. The second-order valence-electron chi connectivity index (χ2n) is 5.86. The highest BCUT2D eigenvalue weighted by Gasteiger charge is 2.14. The summed E-state index contributed by atoms with van der Waals surface area (Å²) in [6.45, 7) is 7.62. The van der Waals surface area contributed by atoms with Crippen LogP contribution in [0.15, 0.2) is 18.2 Å². The normalized spacial score (nSPS) is 13.8. The number of carbonyl (C=O) groups is 1. The summed E-state index contributed by atoms with van der Waals surface area (Å²) in [6, 6.07) is 5.74. The lowest BCUT2D eigenvalue weighted by molar-refractivity contribution is 0.171. The average molecular weight is 278 g/mol. The minimum Gasteiger partial charge on any atom is -0.486 e. The van der Waals surface area contributed by atoms with Crippen molar-refractivity contribution in [3.8, 4) is 11.5 Å². The lowest BCUT2D eigenvalue weighted by Gasteiger charge is -2.21. The Morgan fingerprint density at radius 1 is 1.20 bits per heavy atom. The number of hydrogen-bond donors (Lipinski definition) is 2. The summed E-state index contributed by atoms with van der Waals surface area (Å²) in [4.78, 5) is 11.6. The summed E-state index contributed by atoms with van der Waals surface area (Å²) < 4.78 is 11.0. The summed E-state index contributed by atoms with van der Waals surface area (Å²) in [5, 5.41) is 5.71. The zero-order chi connectivity index (χ0) is 14.6. The maximum absolute atomic E-state index is 11.6. The van der Waals surface area contributed by atoms with Crippen molar-refractivity contribution in [2.45, 2.75) is 32.7 Å². The van der Waals surface area contributed by atoms with Crippen LogP contribution in [0.25, 0.3) is 0 Å². The number of fused-ring (bicyclic) bond motifs is 1. The molecule has 1 aliphatic rings. The standard InChI is InChI=1S/C15H22N2O3/c1-15(2,3)17-14(18)16-7-6-11-4-5-12-13(10-11)20-9-8-19-12/h4-5,10H,6-9H2,1-3H3,(H2,16,17,18). The summed E-state index contributed by atoms with van der Waals surface area (Å²) >= 11 is 0. The Balaban J connectivity index is 1.81. The Labute approximate surface area is 119 Å². The van der Waals surface area contributed by atoms with Gasteiger partial charge in [-0.05, 0) is 44.9 Å². The van der Waals surface area contributed by atoms with Gasteiger partial charge in [0.05, 0.1) is 0 Å². The molecule has 1 heterocycles. The Bertz CT molecular complexity index is 480. The molecule has 2 rings (SSSR count). The van der Waals surface area contributed by atoms with Gasteiger partial charge in [0.25, 0.3) is 0 Å². The molecule has 1 aliphatic heterocycles. The molecule has 5 nitrogen and oxygen atoms in total. The van der Waals surface area contributed by atoms with E-state index in [1.54, 1.807) is 0 Å². The van der Waals surface area contributed by atoms with Gasteiger partial charge in [0.15, 0.2) is 11.5 Å². The van der Waals surface area contributed by atoms with Gasteiger partial charge in [-0.15, -0.1) is 0 Å². The molecule has 0 radical (unpaired) electrons. The number of ether oxygens (including phenoxy) is 2. The van der Waals surface area contributed by atoms with E-state index in [9.17, 15) is 4.79 Å². The lowest BCUT2D eigenvalue weighted by atomic mass is 10.1. The Morgan fingerprint density at radius 2 is 1.90 bits per heavy atom. The van der Waals surface area contributed by atoms with Crippen LogP contribution in [0.1, 0.15) is 26.3 Å². The predicted molar refractivity (Wildman–Crippen MR) is 77.4 cm³/mol. The van der Waals surface area contributed by atoms with Gasteiger partial charge in [0.1, 0.15) is 13.2 Å². The van der Waals surface area contributed by atoms with Crippen molar-refractivity contribution >= 4 is 6.03 Å². The third kappa shape index (κ3) is 4.33. The van der Waals surface area contributed by atoms with Crippen LogP contribution in [0.5, 0.6) is 11.5 Å². The van der Waals surface area contributed by atoms with E-state index in [1.807, 2.05) is 39.0 Å². The Hall–Kier alpha value is -1.91. The average Bonchev–Trinajstić information content (AvgIpc) is 2.36. The summed E-state index contributed by atoms with van der Waals surface area (Å²) in [7, 11) is 0. The van der Waals surface area contributed by atoms with Crippen LogP contribution >= 0.6 is 0 Å². The molecule has 0 bridgehead atoms. The Kier molecular flexibility index (Phi) is 4.37. The molecule has 0 unspecified atom stereocenters. The molecule has 0 aromatic heterocycles. The van der Waals surface area contributed by atoms with E-state index in [0.717, 1.165) is 23.5 Å². The van der Waals surface area contributed by atoms with Crippen molar-refractivity contribution < 1.29 is 14.3 Å². The van der Waals surface area contributed by atoms with E-state index < -0.39 is 0 Å². The minimum atomic E-state index is -0.221. The van der Waals surface area contributed by atoms with E-state index in [0.29, 0.717) is 19.8 Å². The number of rotatable bonds is 3. The van der Waals surface area contributed by atoms with E-state index in [-0.39, 0.29) is 11.6 Å². The quantitative estimate of drug-likeness (QED) is 0.890. The second-order valence-corrected chi connectivity index (χ2v) is 5.86. The SMILES string of the molecule is CC(C)(C)NC(=O)NCCc1ccc2c(c1)OCCO2. The van der Waals surface area contributed by atoms with Crippen LogP contribution in [-0.4, -0.2) is 31.3 Å². The van der Waals surface area contributed by atoms with Crippen LogP contribution in [0, 0.1) is 0 Å². The van der Waals surface area contributed by atoms with Gasteiger partial charge in [-0.3, -0.25) is 0 Å². The molecule has 1 aromatic carbocycles. The summed E-state index contributed by atoms with van der Waals surface area (Å²) in [5.74, 6) is 1.58. The molecule has 0 aliphatic carbocycles. The largest absolute Gasteiger partial charge is 0.486 e. The smallest absolute Gasteiger partial charge is 0.315 e. The molecule has 5 heteroatoms. The molecule has 1 aromatic rings. The second kappa shape index (κ2) is 6.03. The molecule has 20 heavy (non-hydrogen) atoms. The molecule has 110 valence electrons. The Morgan fingerprint density at radius 3 is 2.60 bits per heavy atom. The monoisotopic (exact) mass is 278 g/mol. The van der Waals surface area contributed by atoms with E-state index in [2.05, 4.69) is 10.6 Å². The molecular formula is C15H22N2O3. The molecule has 2 N–H and O–H groups in total. The summed E-state index contributed by atoms with van der Waals surface area (Å²) in [6.07, 6.45) is 0.758. The third-order valence-corrected chi connectivity index (χ3v) is 2.79. The van der Waals surface area contributed by atoms with Crippen molar-refractivity contribution in [3.05, 3.63) is 23.8 Å². The van der Waals surface area contributed by atoms with Gasteiger partial charge in [0.2, 0.25) is 0 Å². The first-order chi connectivity index (χ1) is 9.44. The molecule has 0 saturated carbocycles. The number of nitrogens with one attached hydrogen (secondary N) is 2. The molecule has 2 amide bonds. The van der Waals surface area contributed by atoms with E-state index >= 15 is 0 Å². The van der Waals surface area contributed by atoms with Gasteiger partial charge in [-0.1, -0.05) is 6.07 Å². The summed E-state index contributed by atoms with van der Waals surface area (Å²) in [5.41, 5.74) is 0.895. The number of hydrogen-bond acceptors (Lipinski definition) is 3. The lowest BCUT2D eigenvalue weighted by Crippen LogP contribution is -2.46.